The van der Waals surface area contributed by atoms with Crippen LogP contribution in [0.15, 0.2) is 24.3 Å². The van der Waals surface area contributed by atoms with Crippen molar-refractivity contribution in [2.45, 2.75) is 19.0 Å². The fraction of sp³-hybridized carbons (Fsp3) is 0.429. The molecule has 0 bridgehead atoms. The van der Waals surface area contributed by atoms with E-state index in [1.54, 1.807) is 12.1 Å². The van der Waals surface area contributed by atoms with Gasteiger partial charge in [-0.3, -0.25) is 4.79 Å². The van der Waals surface area contributed by atoms with E-state index in [0.717, 1.165) is 12.1 Å². The molecule has 1 atom stereocenters. The number of primary amides is 1. The Morgan fingerprint density at radius 3 is 2.64 bits per heavy atom. The summed E-state index contributed by atoms with van der Waals surface area (Å²) in [5, 5.41) is 8.58. The molecule has 122 valence electrons. The molecule has 1 unspecified atom stereocenters. The van der Waals surface area contributed by atoms with Crippen LogP contribution in [0.4, 0.5) is 10.5 Å². The Morgan fingerprint density at radius 2 is 2.05 bits per heavy atom. The highest BCUT2D eigenvalue weighted by atomic mass is 35.5. The van der Waals surface area contributed by atoms with Crippen molar-refractivity contribution in [2.75, 3.05) is 25.1 Å². The molecule has 1 fully saturated rings. The number of nitrogens with one attached hydrogen (secondary N) is 3. The number of halogens is 1. The largest absolute Gasteiger partial charge is 0.378 e. The molecule has 1 heterocycles. The van der Waals surface area contributed by atoms with Crippen LogP contribution in [0, 0.1) is 0 Å². The lowest BCUT2D eigenvalue weighted by Gasteiger charge is -2.23. The maximum Gasteiger partial charge on any atom is 0.316 e. The van der Waals surface area contributed by atoms with Gasteiger partial charge < -0.3 is 26.4 Å². The van der Waals surface area contributed by atoms with Gasteiger partial charge in [0, 0.05) is 31.2 Å². The molecule has 0 radical (unpaired) electrons. The molecular formula is C14H21ClN4O3. The summed E-state index contributed by atoms with van der Waals surface area (Å²) < 4.78 is 5.30. The number of benzene rings is 1. The Balaban J connectivity index is 0.00000242. The number of hydrogen-bond donors (Lipinski definition) is 4. The predicted molar refractivity (Wildman–Crippen MR) is 86.0 cm³/mol. The van der Waals surface area contributed by atoms with Crippen molar-refractivity contribution < 1.29 is 14.3 Å². The van der Waals surface area contributed by atoms with Crippen LogP contribution in [0.3, 0.4) is 0 Å². The van der Waals surface area contributed by atoms with Gasteiger partial charge in [-0.25, -0.2) is 4.79 Å². The molecule has 3 amide bonds. The molecule has 5 N–H and O–H groups in total. The van der Waals surface area contributed by atoms with E-state index < -0.39 is 6.03 Å². The van der Waals surface area contributed by atoms with E-state index >= 15 is 0 Å². The van der Waals surface area contributed by atoms with Crippen LogP contribution in [0.2, 0.25) is 0 Å². The third-order valence-corrected chi connectivity index (χ3v) is 3.14. The number of hydrogen-bond acceptors (Lipinski definition) is 4. The number of carbonyl (C=O) groups excluding carboxylic acids is 2. The standard InChI is InChI=1S/C14H20N4O3.ClH/c15-14(20)18-11-3-1-10(2-4-11)8-17-13(19)7-12-9-21-6-5-16-12;/h1-4,12,16H,5-9H2,(H,17,19)(H3,15,18,20);1H. The van der Waals surface area contributed by atoms with E-state index in [2.05, 4.69) is 16.0 Å². The minimum Gasteiger partial charge on any atom is -0.378 e. The Kier molecular flexibility index (Phi) is 7.65. The summed E-state index contributed by atoms with van der Waals surface area (Å²) in [5.41, 5.74) is 6.60. The predicted octanol–water partition coefficient (Wildman–Crippen LogP) is 0.594. The molecule has 0 aliphatic carbocycles. The first-order valence-corrected chi connectivity index (χ1v) is 6.87. The summed E-state index contributed by atoms with van der Waals surface area (Å²) >= 11 is 0. The minimum absolute atomic E-state index is 0. The van der Waals surface area contributed by atoms with Gasteiger partial charge in [-0.1, -0.05) is 12.1 Å². The van der Waals surface area contributed by atoms with E-state index in [0.29, 0.717) is 31.9 Å². The highest BCUT2D eigenvalue weighted by molar-refractivity contribution is 5.87. The van der Waals surface area contributed by atoms with Gasteiger partial charge in [0.15, 0.2) is 0 Å². The topological polar surface area (TPSA) is 105 Å². The van der Waals surface area contributed by atoms with E-state index in [9.17, 15) is 9.59 Å². The molecule has 8 heteroatoms. The second kappa shape index (κ2) is 9.24. The molecule has 1 aliphatic heterocycles. The Bertz CT molecular complexity index is 489. The van der Waals surface area contributed by atoms with Crippen molar-refractivity contribution in [1.29, 1.82) is 0 Å². The zero-order chi connectivity index (χ0) is 15.1. The van der Waals surface area contributed by atoms with Gasteiger partial charge in [0.05, 0.1) is 13.2 Å². The second-order valence-corrected chi connectivity index (χ2v) is 4.89. The number of morpholine rings is 1. The van der Waals surface area contributed by atoms with Crippen molar-refractivity contribution >= 4 is 30.0 Å². The summed E-state index contributed by atoms with van der Waals surface area (Å²) in [5.74, 6) is -0.0164. The summed E-state index contributed by atoms with van der Waals surface area (Å²) in [6, 6.07) is 6.62. The van der Waals surface area contributed by atoms with Gasteiger partial charge in [-0.05, 0) is 17.7 Å². The maximum atomic E-state index is 11.8. The average Bonchev–Trinajstić information content (AvgIpc) is 2.47. The molecule has 7 nitrogen and oxygen atoms in total. The van der Waals surface area contributed by atoms with Gasteiger partial charge >= 0.3 is 6.03 Å². The van der Waals surface area contributed by atoms with Crippen LogP contribution in [0.5, 0.6) is 0 Å². The highest BCUT2D eigenvalue weighted by Crippen LogP contribution is 2.09. The molecule has 1 aromatic carbocycles. The number of nitrogens with two attached hydrogens (primary N) is 1. The van der Waals surface area contributed by atoms with Crippen LogP contribution < -0.4 is 21.7 Å². The lowest BCUT2D eigenvalue weighted by molar-refractivity contribution is -0.122. The molecule has 0 spiro atoms. The third kappa shape index (κ3) is 6.30. The summed E-state index contributed by atoms with van der Waals surface area (Å²) in [4.78, 5) is 22.5. The lowest BCUT2D eigenvalue weighted by Crippen LogP contribution is -2.44. The van der Waals surface area contributed by atoms with E-state index in [1.807, 2.05) is 12.1 Å². The minimum atomic E-state index is -0.599. The monoisotopic (exact) mass is 328 g/mol. The first-order chi connectivity index (χ1) is 10.1. The van der Waals surface area contributed by atoms with E-state index in [4.69, 9.17) is 10.5 Å². The fourth-order valence-corrected chi connectivity index (χ4v) is 2.10. The Morgan fingerprint density at radius 1 is 1.32 bits per heavy atom. The number of carbonyl (C=O) groups is 2. The molecular weight excluding hydrogens is 308 g/mol. The van der Waals surface area contributed by atoms with Crippen molar-refractivity contribution in [2.24, 2.45) is 5.73 Å². The van der Waals surface area contributed by atoms with Crippen molar-refractivity contribution in [1.82, 2.24) is 10.6 Å². The molecule has 2 rings (SSSR count). The van der Waals surface area contributed by atoms with Crippen LogP contribution in [-0.4, -0.2) is 37.7 Å². The SMILES string of the molecule is Cl.NC(=O)Nc1ccc(CNC(=O)CC2COCCN2)cc1. The smallest absolute Gasteiger partial charge is 0.316 e. The number of ether oxygens (including phenoxy) is 1. The molecule has 1 aliphatic rings. The maximum absolute atomic E-state index is 11.8. The molecule has 0 saturated carbocycles. The summed E-state index contributed by atoms with van der Waals surface area (Å²) in [7, 11) is 0. The first-order valence-electron chi connectivity index (χ1n) is 6.87. The number of anilines is 1. The highest BCUT2D eigenvalue weighted by Gasteiger charge is 2.16. The van der Waals surface area contributed by atoms with E-state index in [-0.39, 0.29) is 24.4 Å². The third-order valence-electron chi connectivity index (χ3n) is 3.14. The van der Waals surface area contributed by atoms with Gasteiger partial charge in [0.2, 0.25) is 5.91 Å². The number of rotatable bonds is 5. The molecule has 1 aromatic rings. The van der Waals surface area contributed by atoms with E-state index in [1.165, 1.54) is 0 Å². The number of urea groups is 1. The molecule has 0 aromatic heterocycles. The van der Waals surface area contributed by atoms with Crippen molar-refractivity contribution in [3.05, 3.63) is 29.8 Å². The van der Waals surface area contributed by atoms with Crippen LogP contribution >= 0.6 is 12.4 Å². The van der Waals surface area contributed by atoms with Crippen molar-refractivity contribution in [3.63, 3.8) is 0 Å². The summed E-state index contributed by atoms with van der Waals surface area (Å²) in [6.07, 6.45) is 0.404. The van der Waals surface area contributed by atoms with Gasteiger partial charge in [-0.2, -0.15) is 0 Å². The van der Waals surface area contributed by atoms with Crippen molar-refractivity contribution in [3.8, 4) is 0 Å². The molecule has 22 heavy (non-hydrogen) atoms. The Hall–Kier alpha value is -1.83. The quantitative estimate of drug-likeness (QED) is 0.635. The lowest BCUT2D eigenvalue weighted by atomic mass is 10.1. The van der Waals surface area contributed by atoms with Crippen LogP contribution in [0.1, 0.15) is 12.0 Å². The second-order valence-electron chi connectivity index (χ2n) is 4.89. The van der Waals surface area contributed by atoms with Gasteiger partial charge in [0.25, 0.3) is 0 Å². The first kappa shape index (κ1) is 18.2. The normalized spacial score (nSPS) is 17.2. The molecule has 1 saturated heterocycles. The fourth-order valence-electron chi connectivity index (χ4n) is 2.10. The Labute approximate surface area is 135 Å². The zero-order valence-corrected chi connectivity index (χ0v) is 12.9. The zero-order valence-electron chi connectivity index (χ0n) is 12.1. The van der Waals surface area contributed by atoms with Crippen LogP contribution in [-0.2, 0) is 16.1 Å². The van der Waals surface area contributed by atoms with Gasteiger partial charge in [0.1, 0.15) is 0 Å². The summed E-state index contributed by atoms with van der Waals surface area (Å²) in [6.45, 7) is 2.50. The number of amides is 3. The van der Waals surface area contributed by atoms with Gasteiger partial charge in [-0.15, -0.1) is 12.4 Å². The van der Waals surface area contributed by atoms with Crippen LogP contribution in [0.25, 0.3) is 0 Å². The average molecular weight is 329 g/mol.